The minimum Gasteiger partial charge on any atom is -0.481 e. The number of methoxy groups -OCH3 is 1. The number of pyridine rings is 1. The number of hydrogen-bond donors (Lipinski definition) is 1. The molecule has 1 N–H and O–H groups in total. The molecule has 3 heterocycles. The Hall–Kier alpha value is -2.48. The van der Waals surface area contributed by atoms with E-state index in [-0.39, 0.29) is 17.7 Å². The summed E-state index contributed by atoms with van der Waals surface area (Å²) >= 11 is 1.38. The van der Waals surface area contributed by atoms with Crippen molar-refractivity contribution < 1.29 is 14.3 Å². The molecule has 0 aliphatic carbocycles. The summed E-state index contributed by atoms with van der Waals surface area (Å²) in [4.78, 5) is 34.8. The molecule has 8 heteroatoms. The van der Waals surface area contributed by atoms with Crippen LogP contribution in [0.25, 0.3) is 0 Å². The lowest BCUT2D eigenvalue weighted by Crippen LogP contribution is -2.43. The number of anilines is 1. The second kappa shape index (κ2) is 7.39. The van der Waals surface area contributed by atoms with Crippen LogP contribution in [0.4, 0.5) is 5.13 Å². The smallest absolute Gasteiger partial charge is 0.255 e. The van der Waals surface area contributed by atoms with Crippen molar-refractivity contribution in [2.75, 3.05) is 25.5 Å². The molecule has 0 aromatic carbocycles. The summed E-state index contributed by atoms with van der Waals surface area (Å²) in [6, 6.07) is 3.34. The summed E-state index contributed by atoms with van der Waals surface area (Å²) < 4.78 is 5.00. The van der Waals surface area contributed by atoms with Crippen LogP contribution in [0.2, 0.25) is 0 Å². The lowest BCUT2D eigenvalue weighted by molar-refractivity contribution is -0.121. The topological polar surface area (TPSA) is 84.4 Å². The summed E-state index contributed by atoms with van der Waals surface area (Å²) in [5.74, 6) is 0.0379. The van der Waals surface area contributed by atoms with Crippen molar-refractivity contribution >= 4 is 28.3 Å². The van der Waals surface area contributed by atoms with Crippen molar-refractivity contribution in [2.24, 2.45) is 5.92 Å². The predicted molar refractivity (Wildman–Crippen MR) is 90.2 cm³/mol. The molecule has 3 rings (SSSR count). The number of amides is 2. The lowest BCUT2D eigenvalue weighted by Gasteiger charge is -2.31. The van der Waals surface area contributed by atoms with E-state index in [9.17, 15) is 9.59 Å². The fourth-order valence-corrected chi connectivity index (χ4v) is 3.21. The van der Waals surface area contributed by atoms with Crippen LogP contribution in [0.1, 0.15) is 23.2 Å². The first-order valence-corrected chi connectivity index (χ1v) is 8.55. The van der Waals surface area contributed by atoms with Crippen molar-refractivity contribution in [2.45, 2.75) is 12.8 Å². The SMILES string of the molecule is COc1ccc(C(=O)N2CCC[C@H](C(=O)Nc3nccs3)C2)cn1. The zero-order valence-corrected chi connectivity index (χ0v) is 14.1. The van der Waals surface area contributed by atoms with E-state index in [1.165, 1.54) is 24.6 Å². The highest BCUT2D eigenvalue weighted by atomic mass is 32.1. The minimum absolute atomic E-state index is 0.0877. The number of nitrogens with zero attached hydrogens (tertiary/aromatic N) is 3. The molecule has 1 aliphatic rings. The van der Waals surface area contributed by atoms with Crippen LogP contribution in [0.5, 0.6) is 5.88 Å². The van der Waals surface area contributed by atoms with E-state index in [0.29, 0.717) is 29.7 Å². The van der Waals surface area contributed by atoms with Gasteiger partial charge in [-0.25, -0.2) is 9.97 Å². The molecule has 0 radical (unpaired) electrons. The number of hydrogen-bond acceptors (Lipinski definition) is 6. The minimum atomic E-state index is -0.224. The third-order valence-corrected chi connectivity index (χ3v) is 4.62. The number of piperidine rings is 1. The van der Waals surface area contributed by atoms with E-state index >= 15 is 0 Å². The summed E-state index contributed by atoms with van der Waals surface area (Å²) in [5.41, 5.74) is 0.497. The molecular weight excluding hydrogens is 328 g/mol. The number of rotatable bonds is 4. The third-order valence-electron chi connectivity index (χ3n) is 3.93. The van der Waals surface area contributed by atoms with Crippen molar-refractivity contribution in [3.8, 4) is 5.88 Å². The molecule has 2 amide bonds. The molecule has 0 unspecified atom stereocenters. The first-order valence-electron chi connectivity index (χ1n) is 7.67. The maximum absolute atomic E-state index is 12.6. The number of aromatic nitrogens is 2. The number of likely N-dealkylation sites (tertiary alicyclic amines) is 1. The van der Waals surface area contributed by atoms with Crippen LogP contribution in [0, 0.1) is 5.92 Å². The molecule has 1 fully saturated rings. The van der Waals surface area contributed by atoms with Gasteiger partial charge in [0.1, 0.15) is 0 Å². The Morgan fingerprint density at radius 1 is 1.38 bits per heavy atom. The van der Waals surface area contributed by atoms with Crippen LogP contribution in [-0.2, 0) is 4.79 Å². The molecule has 24 heavy (non-hydrogen) atoms. The maximum atomic E-state index is 12.6. The Bertz CT molecular complexity index is 703. The second-order valence-corrected chi connectivity index (χ2v) is 6.40. The van der Waals surface area contributed by atoms with Gasteiger partial charge in [-0.15, -0.1) is 11.3 Å². The van der Waals surface area contributed by atoms with Gasteiger partial charge in [-0.1, -0.05) is 0 Å². The third kappa shape index (κ3) is 3.70. The molecule has 1 atom stereocenters. The summed E-state index contributed by atoms with van der Waals surface area (Å²) in [6.07, 6.45) is 4.71. The highest BCUT2D eigenvalue weighted by molar-refractivity contribution is 7.13. The maximum Gasteiger partial charge on any atom is 0.255 e. The fraction of sp³-hybridized carbons (Fsp3) is 0.375. The molecule has 126 valence electrons. The van der Waals surface area contributed by atoms with Crippen molar-refractivity contribution in [1.29, 1.82) is 0 Å². The second-order valence-electron chi connectivity index (χ2n) is 5.51. The highest BCUT2D eigenvalue weighted by Crippen LogP contribution is 2.21. The molecule has 2 aromatic rings. The van der Waals surface area contributed by atoms with Crippen molar-refractivity contribution in [1.82, 2.24) is 14.9 Å². The van der Waals surface area contributed by atoms with E-state index in [0.717, 1.165) is 12.8 Å². The molecule has 0 saturated carbocycles. The quantitative estimate of drug-likeness (QED) is 0.916. The molecule has 1 aliphatic heterocycles. The van der Waals surface area contributed by atoms with Gasteiger partial charge in [-0.05, 0) is 18.9 Å². The Balaban J connectivity index is 1.63. The monoisotopic (exact) mass is 346 g/mol. The molecule has 7 nitrogen and oxygen atoms in total. The van der Waals surface area contributed by atoms with E-state index in [1.807, 2.05) is 5.38 Å². The van der Waals surface area contributed by atoms with Gasteiger partial charge in [0.15, 0.2) is 5.13 Å². The first-order chi connectivity index (χ1) is 11.7. The predicted octanol–water partition coefficient (Wildman–Crippen LogP) is 2.04. The van der Waals surface area contributed by atoms with Crippen LogP contribution in [0.3, 0.4) is 0 Å². The van der Waals surface area contributed by atoms with Crippen LogP contribution < -0.4 is 10.1 Å². The first kappa shape index (κ1) is 16.4. The van der Waals surface area contributed by atoms with Gasteiger partial charge in [-0.2, -0.15) is 0 Å². The van der Waals surface area contributed by atoms with Crippen molar-refractivity contribution in [3.05, 3.63) is 35.5 Å². The zero-order chi connectivity index (χ0) is 16.9. The Morgan fingerprint density at radius 3 is 2.92 bits per heavy atom. The molecule has 0 spiro atoms. The molecular formula is C16H18N4O3S. The number of ether oxygens (including phenoxy) is 1. The van der Waals surface area contributed by atoms with Gasteiger partial charge in [0.2, 0.25) is 11.8 Å². The molecule has 1 saturated heterocycles. The fourth-order valence-electron chi connectivity index (χ4n) is 2.68. The normalized spacial score (nSPS) is 17.4. The van der Waals surface area contributed by atoms with Gasteiger partial charge in [0.05, 0.1) is 18.6 Å². The summed E-state index contributed by atoms with van der Waals surface area (Å²) in [7, 11) is 1.53. The van der Waals surface area contributed by atoms with E-state index in [4.69, 9.17) is 4.74 Å². The Kier molecular flexibility index (Phi) is 5.05. The molecule has 0 bridgehead atoms. The number of nitrogens with one attached hydrogen (secondary N) is 1. The number of carbonyl (C=O) groups is 2. The van der Waals surface area contributed by atoms with Gasteiger partial charge in [0.25, 0.3) is 5.91 Å². The summed E-state index contributed by atoms with van der Waals surface area (Å²) in [5, 5.41) is 5.20. The van der Waals surface area contributed by atoms with Crippen LogP contribution in [0.15, 0.2) is 29.9 Å². The molecule has 2 aromatic heterocycles. The van der Waals surface area contributed by atoms with Crippen LogP contribution >= 0.6 is 11.3 Å². The highest BCUT2D eigenvalue weighted by Gasteiger charge is 2.29. The van der Waals surface area contributed by atoms with Gasteiger partial charge >= 0.3 is 0 Å². The average Bonchev–Trinajstić information content (AvgIpc) is 3.14. The Morgan fingerprint density at radius 2 is 2.25 bits per heavy atom. The van der Waals surface area contributed by atoms with Gasteiger partial charge < -0.3 is 15.0 Å². The van der Waals surface area contributed by atoms with Gasteiger partial charge in [-0.3, -0.25) is 9.59 Å². The van der Waals surface area contributed by atoms with E-state index in [2.05, 4.69) is 15.3 Å². The lowest BCUT2D eigenvalue weighted by atomic mass is 9.96. The van der Waals surface area contributed by atoms with Crippen LogP contribution in [-0.4, -0.2) is 46.9 Å². The average molecular weight is 346 g/mol. The van der Waals surface area contributed by atoms with Gasteiger partial charge in [0, 0.05) is 36.9 Å². The van der Waals surface area contributed by atoms with Crippen molar-refractivity contribution in [3.63, 3.8) is 0 Å². The largest absolute Gasteiger partial charge is 0.481 e. The number of thiazole rings is 1. The standard InChI is InChI=1S/C16H18N4O3S/c1-23-13-5-4-11(9-18-13)15(22)20-7-2-3-12(10-20)14(21)19-16-17-6-8-24-16/h4-6,8-9,12H,2-3,7,10H2,1H3,(H,17,19,21)/t12-/m0/s1. The zero-order valence-electron chi connectivity index (χ0n) is 13.3. The Labute approximate surface area is 143 Å². The van der Waals surface area contributed by atoms with E-state index < -0.39 is 0 Å². The van der Waals surface area contributed by atoms with E-state index in [1.54, 1.807) is 23.2 Å². The number of carbonyl (C=O) groups excluding carboxylic acids is 2. The summed E-state index contributed by atoms with van der Waals surface area (Å²) in [6.45, 7) is 1.05.